The van der Waals surface area contributed by atoms with Gasteiger partial charge in [-0.1, -0.05) is 24.8 Å². The summed E-state index contributed by atoms with van der Waals surface area (Å²) < 4.78 is 10.1. The summed E-state index contributed by atoms with van der Waals surface area (Å²) in [6.45, 7) is 5.88. The average Bonchev–Trinajstić information content (AvgIpc) is 2.46. The van der Waals surface area contributed by atoms with Gasteiger partial charge in [-0.2, -0.15) is 0 Å². The molecule has 1 aromatic carbocycles. The number of benzene rings is 1. The molecule has 2 N–H and O–H groups in total. The normalized spacial score (nSPS) is 14.7. The molecule has 1 saturated heterocycles. The van der Waals surface area contributed by atoms with E-state index < -0.39 is 6.09 Å². The summed E-state index contributed by atoms with van der Waals surface area (Å²) >= 11 is 0. The lowest BCUT2D eigenvalue weighted by atomic mass is 10.0. The maximum atomic E-state index is 12.3. The van der Waals surface area contributed by atoms with Crippen molar-refractivity contribution in [2.24, 2.45) is 5.73 Å². The van der Waals surface area contributed by atoms with E-state index in [9.17, 15) is 9.59 Å². The standard InChI is InChI=1S/C14H16N2O4/c1-10(13(17)16-6-8-19-9-7-16)11-4-2-3-5-12(11)20-14(15)18/h2-5H,1,6-9H2,(H2,15,18). The number of primary amides is 1. The van der Waals surface area contributed by atoms with Gasteiger partial charge in [0, 0.05) is 24.2 Å². The van der Waals surface area contributed by atoms with Crippen LogP contribution in [-0.4, -0.2) is 43.2 Å². The third-order valence-electron chi connectivity index (χ3n) is 2.98. The van der Waals surface area contributed by atoms with E-state index in [2.05, 4.69) is 6.58 Å². The monoisotopic (exact) mass is 276 g/mol. The summed E-state index contributed by atoms with van der Waals surface area (Å²) in [7, 11) is 0. The van der Waals surface area contributed by atoms with E-state index in [1.807, 2.05) is 0 Å². The highest BCUT2D eigenvalue weighted by atomic mass is 16.5. The molecule has 1 fully saturated rings. The predicted octanol–water partition coefficient (Wildman–Crippen LogP) is 1.02. The molecule has 0 unspecified atom stereocenters. The predicted molar refractivity (Wildman–Crippen MR) is 73.1 cm³/mol. The Morgan fingerprint density at radius 1 is 1.25 bits per heavy atom. The van der Waals surface area contributed by atoms with Crippen molar-refractivity contribution in [3.05, 3.63) is 36.4 Å². The number of hydrogen-bond donors (Lipinski definition) is 1. The van der Waals surface area contributed by atoms with Gasteiger partial charge in [0.1, 0.15) is 5.75 Å². The molecular formula is C14H16N2O4. The fourth-order valence-electron chi connectivity index (χ4n) is 1.99. The van der Waals surface area contributed by atoms with Crippen LogP contribution in [0.5, 0.6) is 5.75 Å². The Morgan fingerprint density at radius 3 is 2.55 bits per heavy atom. The van der Waals surface area contributed by atoms with Gasteiger partial charge in [-0.25, -0.2) is 4.79 Å². The number of morpholine rings is 1. The highest BCUT2D eigenvalue weighted by Gasteiger charge is 2.22. The number of carbonyl (C=O) groups is 2. The van der Waals surface area contributed by atoms with Crippen LogP contribution in [0.1, 0.15) is 5.56 Å². The second kappa shape index (κ2) is 6.21. The number of hydrogen-bond acceptors (Lipinski definition) is 4. The minimum atomic E-state index is -0.927. The second-order valence-electron chi connectivity index (χ2n) is 4.30. The first-order chi connectivity index (χ1) is 9.59. The molecule has 6 nitrogen and oxygen atoms in total. The van der Waals surface area contributed by atoms with Crippen molar-refractivity contribution in [2.45, 2.75) is 0 Å². The van der Waals surface area contributed by atoms with Crippen molar-refractivity contribution in [3.63, 3.8) is 0 Å². The van der Waals surface area contributed by atoms with Gasteiger partial charge in [0.15, 0.2) is 0 Å². The number of nitrogens with zero attached hydrogens (tertiary/aromatic N) is 1. The zero-order chi connectivity index (χ0) is 14.5. The van der Waals surface area contributed by atoms with Crippen molar-refractivity contribution in [2.75, 3.05) is 26.3 Å². The van der Waals surface area contributed by atoms with E-state index in [1.54, 1.807) is 29.2 Å². The Labute approximate surface area is 116 Å². The van der Waals surface area contributed by atoms with Crippen molar-refractivity contribution >= 4 is 17.6 Å². The number of nitrogens with two attached hydrogens (primary N) is 1. The molecule has 106 valence electrons. The number of carbonyl (C=O) groups excluding carboxylic acids is 2. The zero-order valence-electron chi connectivity index (χ0n) is 11.0. The Bertz CT molecular complexity index is 536. The van der Waals surface area contributed by atoms with Crippen molar-refractivity contribution < 1.29 is 19.1 Å². The zero-order valence-corrected chi connectivity index (χ0v) is 11.0. The van der Waals surface area contributed by atoms with E-state index >= 15 is 0 Å². The van der Waals surface area contributed by atoms with Crippen LogP contribution < -0.4 is 10.5 Å². The number of amides is 2. The summed E-state index contributed by atoms with van der Waals surface area (Å²) in [6, 6.07) is 6.66. The van der Waals surface area contributed by atoms with Gasteiger partial charge < -0.3 is 20.1 Å². The fourth-order valence-corrected chi connectivity index (χ4v) is 1.99. The van der Waals surface area contributed by atoms with Crippen LogP contribution in [0, 0.1) is 0 Å². The molecule has 1 aliphatic heterocycles. The molecule has 1 aromatic rings. The minimum absolute atomic E-state index is 0.200. The SMILES string of the molecule is C=C(C(=O)N1CCOCC1)c1ccccc1OC(N)=O. The molecule has 6 heteroatoms. The molecule has 0 aliphatic carbocycles. The Balaban J connectivity index is 2.19. The summed E-state index contributed by atoms with van der Waals surface area (Å²) in [4.78, 5) is 24.9. The van der Waals surface area contributed by atoms with Gasteiger partial charge in [-0.3, -0.25) is 4.79 Å². The van der Waals surface area contributed by atoms with E-state index in [0.29, 0.717) is 31.9 Å². The maximum absolute atomic E-state index is 12.3. The van der Waals surface area contributed by atoms with E-state index in [0.717, 1.165) is 0 Å². The highest BCUT2D eigenvalue weighted by Crippen LogP contribution is 2.26. The summed E-state index contributed by atoms with van der Waals surface area (Å²) in [5, 5.41) is 0. The topological polar surface area (TPSA) is 81.9 Å². The van der Waals surface area contributed by atoms with Crippen LogP contribution in [0.3, 0.4) is 0 Å². The van der Waals surface area contributed by atoms with Crippen molar-refractivity contribution in [1.29, 1.82) is 0 Å². The Morgan fingerprint density at radius 2 is 1.90 bits per heavy atom. The molecule has 0 bridgehead atoms. The van der Waals surface area contributed by atoms with E-state index in [4.69, 9.17) is 15.2 Å². The molecule has 2 amide bonds. The number of rotatable bonds is 3. The molecule has 20 heavy (non-hydrogen) atoms. The third-order valence-corrected chi connectivity index (χ3v) is 2.98. The van der Waals surface area contributed by atoms with Crippen LogP contribution in [-0.2, 0) is 9.53 Å². The lowest BCUT2D eigenvalue weighted by Gasteiger charge is -2.27. The quantitative estimate of drug-likeness (QED) is 0.835. The largest absolute Gasteiger partial charge is 0.410 e. The maximum Gasteiger partial charge on any atom is 0.409 e. The van der Waals surface area contributed by atoms with Crippen molar-refractivity contribution in [3.8, 4) is 5.75 Å². The smallest absolute Gasteiger partial charge is 0.409 e. The highest BCUT2D eigenvalue weighted by molar-refractivity contribution is 6.19. The van der Waals surface area contributed by atoms with Crippen LogP contribution >= 0.6 is 0 Å². The fraction of sp³-hybridized carbons (Fsp3) is 0.286. The Kier molecular flexibility index (Phi) is 4.37. The van der Waals surface area contributed by atoms with Gasteiger partial charge in [-0.15, -0.1) is 0 Å². The average molecular weight is 276 g/mol. The number of para-hydroxylation sites is 1. The molecule has 0 atom stereocenters. The molecule has 1 aliphatic rings. The van der Waals surface area contributed by atoms with Crippen LogP contribution in [0.2, 0.25) is 0 Å². The van der Waals surface area contributed by atoms with Gasteiger partial charge in [0.05, 0.1) is 13.2 Å². The molecule has 0 spiro atoms. The van der Waals surface area contributed by atoms with E-state index in [-0.39, 0.29) is 17.2 Å². The van der Waals surface area contributed by atoms with Gasteiger partial charge in [0.25, 0.3) is 5.91 Å². The summed E-state index contributed by atoms with van der Waals surface area (Å²) in [5.74, 6) is 0.0282. The lowest BCUT2D eigenvalue weighted by molar-refractivity contribution is -0.128. The first-order valence-electron chi connectivity index (χ1n) is 6.22. The van der Waals surface area contributed by atoms with Crippen LogP contribution in [0.4, 0.5) is 4.79 Å². The minimum Gasteiger partial charge on any atom is -0.410 e. The van der Waals surface area contributed by atoms with Crippen molar-refractivity contribution in [1.82, 2.24) is 4.90 Å². The second-order valence-corrected chi connectivity index (χ2v) is 4.30. The molecule has 0 aromatic heterocycles. The molecule has 0 radical (unpaired) electrons. The Hall–Kier alpha value is -2.34. The molecule has 1 heterocycles. The molecule has 0 saturated carbocycles. The van der Waals surface area contributed by atoms with Gasteiger partial charge in [-0.05, 0) is 6.07 Å². The summed E-state index contributed by atoms with van der Waals surface area (Å²) in [6.07, 6.45) is -0.927. The first kappa shape index (κ1) is 14.1. The van der Waals surface area contributed by atoms with Gasteiger partial charge >= 0.3 is 6.09 Å². The molecule has 2 rings (SSSR count). The van der Waals surface area contributed by atoms with Gasteiger partial charge in [0.2, 0.25) is 0 Å². The third kappa shape index (κ3) is 3.16. The van der Waals surface area contributed by atoms with Crippen LogP contribution in [0.15, 0.2) is 30.8 Å². The number of ether oxygens (including phenoxy) is 2. The lowest BCUT2D eigenvalue weighted by Crippen LogP contribution is -2.41. The van der Waals surface area contributed by atoms with Crippen LogP contribution in [0.25, 0.3) is 5.57 Å². The summed E-state index contributed by atoms with van der Waals surface area (Å²) in [5.41, 5.74) is 5.74. The first-order valence-corrected chi connectivity index (χ1v) is 6.22. The molecular weight excluding hydrogens is 260 g/mol. The van der Waals surface area contributed by atoms with E-state index in [1.165, 1.54) is 0 Å².